The number of benzene rings is 1. The first-order chi connectivity index (χ1) is 9.02. The Kier molecular flexibility index (Phi) is 6.16. The van der Waals surface area contributed by atoms with Gasteiger partial charge in [0, 0.05) is 19.3 Å². The van der Waals surface area contributed by atoms with Gasteiger partial charge in [-0.15, -0.1) is 0 Å². The maximum atomic E-state index is 5.43. The van der Waals surface area contributed by atoms with Crippen molar-refractivity contribution in [3.05, 3.63) is 22.8 Å². The average Bonchev–Trinajstić information content (AvgIpc) is 2.39. The van der Waals surface area contributed by atoms with Crippen LogP contribution >= 0.6 is 0 Å². The van der Waals surface area contributed by atoms with Crippen molar-refractivity contribution in [2.24, 2.45) is 0 Å². The minimum atomic E-state index is 0.988. The molecular weight excluding hydrogens is 236 g/mol. The third-order valence-corrected chi connectivity index (χ3v) is 3.78. The van der Waals surface area contributed by atoms with Crippen molar-refractivity contribution in [1.29, 1.82) is 0 Å². The number of ether oxygens (including phenoxy) is 1. The highest BCUT2D eigenvalue weighted by molar-refractivity contribution is 5.64. The second-order valence-electron chi connectivity index (χ2n) is 5.23. The lowest BCUT2D eigenvalue weighted by Gasteiger charge is -2.25. The van der Waals surface area contributed by atoms with Crippen LogP contribution in [0.5, 0.6) is 5.75 Å². The fourth-order valence-electron chi connectivity index (χ4n) is 2.59. The Labute approximate surface area is 118 Å². The molecule has 0 amide bonds. The Morgan fingerprint density at radius 2 is 1.84 bits per heavy atom. The molecule has 19 heavy (non-hydrogen) atoms. The number of unbranched alkanes of at least 4 members (excludes halogenated alkanes) is 1. The lowest BCUT2D eigenvalue weighted by Crippen LogP contribution is -2.22. The first kappa shape index (κ1) is 15.8. The summed E-state index contributed by atoms with van der Waals surface area (Å²) in [5, 5.41) is 3.19. The van der Waals surface area contributed by atoms with E-state index in [1.807, 2.05) is 7.05 Å². The highest BCUT2D eigenvalue weighted by Gasteiger charge is 2.13. The van der Waals surface area contributed by atoms with E-state index in [4.69, 9.17) is 4.74 Å². The van der Waals surface area contributed by atoms with Gasteiger partial charge in [0.25, 0.3) is 0 Å². The van der Waals surface area contributed by atoms with Gasteiger partial charge in [-0.2, -0.15) is 0 Å². The van der Waals surface area contributed by atoms with E-state index in [0.29, 0.717) is 0 Å². The molecule has 0 aliphatic heterocycles. The quantitative estimate of drug-likeness (QED) is 0.766. The molecule has 0 saturated carbocycles. The largest absolute Gasteiger partial charge is 0.496 e. The molecule has 3 heteroatoms. The van der Waals surface area contributed by atoms with Crippen molar-refractivity contribution >= 4 is 5.69 Å². The van der Waals surface area contributed by atoms with Crippen LogP contribution < -0.4 is 15.0 Å². The third-order valence-electron chi connectivity index (χ3n) is 3.78. The van der Waals surface area contributed by atoms with Crippen LogP contribution in [0.2, 0.25) is 0 Å². The van der Waals surface area contributed by atoms with Crippen molar-refractivity contribution in [3.8, 4) is 5.75 Å². The highest BCUT2D eigenvalue weighted by Crippen LogP contribution is 2.33. The minimum absolute atomic E-state index is 0.988. The van der Waals surface area contributed by atoms with Crippen LogP contribution in [0.1, 0.15) is 29.5 Å². The van der Waals surface area contributed by atoms with Gasteiger partial charge in [0.1, 0.15) is 5.75 Å². The fraction of sp³-hybridized carbons (Fsp3) is 0.625. The molecule has 108 valence electrons. The van der Waals surface area contributed by atoms with E-state index in [2.05, 4.69) is 44.1 Å². The smallest absolute Gasteiger partial charge is 0.122 e. The summed E-state index contributed by atoms with van der Waals surface area (Å²) in [6.07, 6.45) is 2.43. The molecule has 1 aromatic rings. The summed E-state index contributed by atoms with van der Waals surface area (Å²) < 4.78 is 5.43. The maximum Gasteiger partial charge on any atom is 0.122 e. The second kappa shape index (κ2) is 7.39. The molecule has 0 aliphatic rings. The van der Waals surface area contributed by atoms with Crippen LogP contribution in [0.3, 0.4) is 0 Å². The molecule has 0 spiro atoms. The summed E-state index contributed by atoms with van der Waals surface area (Å²) in [4.78, 5) is 2.37. The maximum absolute atomic E-state index is 5.43. The van der Waals surface area contributed by atoms with Gasteiger partial charge in [-0.3, -0.25) is 0 Å². The van der Waals surface area contributed by atoms with E-state index < -0.39 is 0 Å². The summed E-state index contributed by atoms with van der Waals surface area (Å²) in [7, 11) is 5.92. The lowest BCUT2D eigenvalue weighted by molar-refractivity contribution is 0.411. The molecule has 0 atom stereocenters. The highest BCUT2D eigenvalue weighted by atomic mass is 16.5. The van der Waals surface area contributed by atoms with Gasteiger partial charge in [0.05, 0.1) is 7.11 Å². The molecular formula is C16H28N2O. The SMILES string of the molecule is CNCCCCN(C)c1c(C)cc(OC)c(C)c1C. The van der Waals surface area contributed by atoms with Crippen molar-refractivity contribution in [2.45, 2.75) is 33.6 Å². The standard InChI is InChI=1S/C16H28N2O/c1-12-11-15(19-6)13(2)14(3)16(12)18(5)10-8-7-9-17-4/h11,17H,7-10H2,1-6H3. The zero-order chi connectivity index (χ0) is 14.4. The van der Waals surface area contributed by atoms with E-state index >= 15 is 0 Å². The molecule has 1 aromatic carbocycles. The molecule has 0 aliphatic carbocycles. The van der Waals surface area contributed by atoms with E-state index in [-0.39, 0.29) is 0 Å². The zero-order valence-corrected chi connectivity index (χ0v) is 13.3. The van der Waals surface area contributed by atoms with E-state index in [1.165, 1.54) is 35.2 Å². The Balaban J connectivity index is 2.85. The van der Waals surface area contributed by atoms with Crippen LogP contribution in [0.4, 0.5) is 5.69 Å². The van der Waals surface area contributed by atoms with E-state index in [1.54, 1.807) is 7.11 Å². The Morgan fingerprint density at radius 1 is 1.16 bits per heavy atom. The number of aryl methyl sites for hydroxylation is 1. The van der Waals surface area contributed by atoms with Gasteiger partial charge in [0.2, 0.25) is 0 Å². The van der Waals surface area contributed by atoms with Gasteiger partial charge in [-0.05, 0) is 70.0 Å². The number of nitrogens with one attached hydrogen (secondary N) is 1. The molecule has 1 N–H and O–H groups in total. The first-order valence-corrected chi connectivity index (χ1v) is 7.03. The molecule has 0 bridgehead atoms. The number of nitrogens with zero attached hydrogens (tertiary/aromatic N) is 1. The fourth-order valence-corrected chi connectivity index (χ4v) is 2.59. The van der Waals surface area contributed by atoms with Crippen LogP contribution in [0.15, 0.2) is 6.07 Å². The summed E-state index contributed by atoms with van der Waals surface area (Å²) in [5.41, 5.74) is 5.21. The average molecular weight is 264 g/mol. The third kappa shape index (κ3) is 3.87. The number of rotatable bonds is 7. The predicted octanol–water partition coefficient (Wildman–Crippen LogP) is 3.06. The molecule has 0 saturated heterocycles. The summed E-state index contributed by atoms with van der Waals surface area (Å²) in [6, 6.07) is 2.14. The Morgan fingerprint density at radius 3 is 2.42 bits per heavy atom. The van der Waals surface area contributed by atoms with Gasteiger partial charge in [-0.1, -0.05) is 0 Å². The van der Waals surface area contributed by atoms with Crippen molar-refractivity contribution in [3.63, 3.8) is 0 Å². The topological polar surface area (TPSA) is 24.5 Å². The van der Waals surface area contributed by atoms with Crippen molar-refractivity contribution in [1.82, 2.24) is 5.32 Å². The van der Waals surface area contributed by atoms with Gasteiger partial charge in [-0.25, -0.2) is 0 Å². The van der Waals surface area contributed by atoms with E-state index in [0.717, 1.165) is 18.8 Å². The first-order valence-electron chi connectivity index (χ1n) is 7.03. The second-order valence-corrected chi connectivity index (χ2v) is 5.23. The molecule has 0 aromatic heterocycles. The summed E-state index contributed by atoms with van der Waals surface area (Å²) in [6.45, 7) is 8.66. The van der Waals surface area contributed by atoms with Crippen LogP contribution in [0, 0.1) is 20.8 Å². The summed E-state index contributed by atoms with van der Waals surface area (Å²) in [5.74, 6) is 0.988. The molecule has 0 heterocycles. The van der Waals surface area contributed by atoms with Gasteiger partial charge < -0.3 is 15.0 Å². The van der Waals surface area contributed by atoms with Gasteiger partial charge >= 0.3 is 0 Å². The molecule has 0 fully saturated rings. The number of methoxy groups -OCH3 is 1. The Hall–Kier alpha value is -1.22. The van der Waals surface area contributed by atoms with E-state index in [9.17, 15) is 0 Å². The number of hydrogen-bond donors (Lipinski definition) is 1. The minimum Gasteiger partial charge on any atom is -0.496 e. The number of anilines is 1. The van der Waals surface area contributed by atoms with Crippen LogP contribution in [0.25, 0.3) is 0 Å². The van der Waals surface area contributed by atoms with Crippen LogP contribution in [-0.2, 0) is 0 Å². The number of hydrogen-bond acceptors (Lipinski definition) is 3. The molecule has 1 rings (SSSR count). The normalized spacial score (nSPS) is 10.6. The van der Waals surface area contributed by atoms with Crippen molar-refractivity contribution < 1.29 is 4.74 Å². The molecule has 0 radical (unpaired) electrons. The van der Waals surface area contributed by atoms with Crippen molar-refractivity contribution in [2.75, 3.05) is 39.2 Å². The van der Waals surface area contributed by atoms with Gasteiger partial charge in [0.15, 0.2) is 0 Å². The van der Waals surface area contributed by atoms with Crippen LogP contribution in [-0.4, -0.2) is 34.3 Å². The monoisotopic (exact) mass is 264 g/mol. The zero-order valence-electron chi connectivity index (χ0n) is 13.3. The summed E-state index contributed by atoms with van der Waals surface area (Å²) >= 11 is 0. The Bertz CT molecular complexity index is 416. The lowest BCUT2D eigenvalue weighted by atomic mass is 10.0. The molecule has 0 unspecified atom stereocenters. The predicted molar refractivity (Wildman–Crippen MR) is 83.6 cm³/mol. The molecule has 3 nitrogen and oxygen atoms in total.